The highest BCUT2D eigenvalue weighted by atomic mass is 16.2. The summed E-state index contributed by atoms with van der Waals surface area (Å²) < 4.78 is 2.19. The molecule has 1 aromatic heterocycles. The number of nitrogens with one attached hydrogen (secondary N) is 1. The molecule has 2 N–H and O–H groups in total. The van der Waals surface area contributed by atoms with E-state index in [1.165, 1.54) is 30.6 Å². The van der Waals surface area contributed by atoms with Crippen molar-refractivity contribution in [2.75, 3.05) is 18.5 Å². The summed E-state index contributed by atoms with van der Waals surface area (Å²) in [7, 11) is 0. The van der Waals surface area contributed by atoms with E-state index in [9.17, 15) is 0 Å². The lowest BCUT2D eigenvalue weighted by molar-refractivity contribution is 0.288. The molecule has 1 aromatic rings. The van der Waals surface area contributed by atoms with Gasteiger partial charge in [0.05, 0.1) is 12.2 Å². The number of hydrogen-bond acceptors (Lipinski definition) is 3. The zero-order valence-corrected chi connectivity index (χ0v) is 9.52. The first kappa shape index (κ1) is 10.1. The maximum Gasteiger partial charge on any atom is 0.127 e. The van der Waals surface area contributed by atoms with Gasteiger partial charge in [-0.05, 0) is 31.6 Å². The van der Waals surface area contributed by atoms with Crippen LogP contribution in [0.3, 0.4) is 0 Å². The summed E-state index contributed by atoms with van der Waals surface area (Å²) in [5, 5.41) is 16.9. The molecular weight excluding hydrogens is 202 g/mol. The average Bonchev–Trinajstić information content (AvgIpc) is 2.91. The van der Waals surface area contributed by atoms with E-state index < -0.39 is 0 Å². The van der Waals surface area contributed by atoms with Crippen molar-refractivity contribution in [3.05, 3.63) is 11.8 Å². The summed E-state index contributed by atoms with van der Waals surface area (Å²) >= 11 is 0. The highest BCUT2D eigenvalue weighted by Crippen LogP contribution is 2.41. The minimum Gasteiger partial charge on any atom is -0.396 e. The van der Waals surface area contributed by atoms with Crippen LogP contribution in [0.5, 0.6) is 0 Å². The van der Waals surface area contributed by atoms with Gasteiger partial charge in [-0.25, -0.2) is 4.68 Å². The number of fused-ring (bicyclic) bond motifs is 3. The summed E-state index contributed by atoms with van der Waals surface area (Å²) in [4.78, 5) is 0. The number of rotatable bonds is 3. The monoisotopic (exact) mass is 221 g/mol. The predicted molar refractivity (Wildman–Crippen MR) is 62.5 cm³/mol. The normalized spacial score (nSPS) is 27.3. The molecule has 2 unspecified atom stereocenters. The van der Waals surface area contributed by atoms with Gasteiger partial charge in [0.2, 0.25) is 0 Å². The lowest BCUT2D eigenvalue weighted by atomic mass is 10.0. The summed E-state index contributed by atoms with van der Waals surface area (Å²) in [6, 6.07) is 0.624. The fraction of sp³-hybridized carbons (Fsp3) is 0.750. The van der Waals surface area contributed by atoms with Gasteiger partial charge in [0.15, 0.2) is 0 Å². The lowest BCUT2D eigenvalue weighted by Gasteiger charge is -2.29. The SMILES string of the molecule is OCCCc1cnn2c1NCC1CCCC12. The Labute approximate surface area is 95.7 Å². The minimum atomic E-state index is 0.261. The Balaban J connectivity index is 1.85. The van der Waals surface area contributed by atoms with Gasteiger partial charge < -0.3 is 10.4 Å². The van der Waals surface area contributed by atoms with E-state index in [4.69, 9.17) is 5.11 Å². The van der Waals surface area contributed by atoms with Crippen LogP contribution in [0.25, 0.3) is 0 Å². The summed E-state index contributed by atoms with van der Waals surface area (Å²) in [6.45, 7) is 1.36. The van der Waals surface area contributed by atoms with Crippen molar-refractivity contribution in [3.8, 4) is 0 Å². The first-order chi connectivity index (χ1) is 7.90. The fourth-order valence-corrected chi connectivity index (χ4v) is 3.10. The summed E-state index contributed by atoms with van der Waals surface area (Å²) in [5.74, 6) is 1.98. The van der Waals surface area contributed by atoms with E-state index in [2.05, 4.69) is 15.1 Å². The van der Waals surface area contributed by atoms with Crippen molar-refractivity contribution in [1.82, 2.24) is 9.78 Å². The average molecular weight is 221 g/mol. The van der Waals surface area contributed by atoms with Crippen molar-refractivity contribution >= 4 is 5.82 Å². The Kier molecular flexibility index (Phi) is 2.59. The standard InChI is InChI=1S/C12H19N3O/c16-6-2-4-10-8-14-15-11-5-1-3-9(11)7-13-12(10)15/h8-9,11,13,16H,1-7H2. The van der Waals surface area contributed by atoms with Crippen LogP contribution in [-0.4, -0.2) is 28.0 Å². The molecule has 3 rings (SSSR count). The maximum absolute atomic E-state index is 8.87. The van der Waals surface area contributed by atoms with Gasteiger partial charge in [-0.15, -0.1) is 0 Å². The second kappa shape index (κ2) is 4.09. The Morgan fingerprint density at radius 3 is 3.31 bits per heavy atom. The van der Waals surface area contributed by atoms with E-state index in [1.807, 2.05) is 6.20 Å². The van der Waals surface area contributed by atoms with Crippen molar-refractivity contribution < 1.29 is 5.11 Å². The molecule has 0 bridgehead atoms. The smallest absolute Gasteiger partial charge is 0.127 e. The van der Waals surface area contributed by atoms with E-state index in [1.54, 1.807) is 0 Å². The van der Waals surface area contributed by atoms with Crippen LogP contribution in [0.2, 0.25) is 0 Å². The third kappa shape index (κ3) is 1.52. The predicted octanol–water partition coefficient (Wildman–Crippen LogP) is 1.57. The molecule has 0 radical (unpaired) electrons. The number of aliphatic hydroxyl groups excluding tert-OH is 1. The summed E-state index contributed by atoms with van der Waals surface area (Å²) in [5.41, 5.74) is 1.26. The van der Waals surface area contributed by atoms with E-state index in [0.717, 1.165) is 25.3 Å². The zero-order valence-electron chi connectivity index (χ0n) is 9.52. The first-order valence-electron chi connectivity index (χ1n) is 6.31. The van der Waals surface area contributed by atoms with Gasteiger partial charge in [0.1, 0.15) is 5.82 Å². The summed E-state index contributed by atoms with van der Waals surface area (Å²) in [6.07, 6.45) is 7.68. The highest BCUT2D eigenvalue weighted by Gasteiger charge is 2.34. The molecule has 1 aliphatic carbocycles. The molecule has 1 aliphatic heterocycles. The van der Waals surface area contributed by atoms with Crippen LogP contribution in [0.1, 0.15) is 37.3 Å². The Morgan fingerprint density at radius 2 is 2.44 bits per heavy atom. The second-order valence-electron chi connectivity index (χ2n) is 4.93. The van der Waals surface area contributed by atoms with Crippen molar-refractivity contribution in [3.63, 3.8) is 0 Å². The van der Waals surface area contributed by atoms with Gasteiger partial charge in [-0.3, -0.25) is 0 Å². The van der Waals surface area contributed by atoms with Gasteiger partial charge in [-0.2, -0.15) is 5.10 Å². The molecule has 88 valence electrons. The molecule has 0 saturated heterocycles. The quantitative estimate of drug-likeness (QED) is 0.814. The first-order valence-corrected chi connectivity index (χ1v) is 6.31. The molecule has 0 spiro atoms. The highest BCUT2D eigenvalue weighted by molar-refractivity contribution is 5.46. The van der Waals surface area contributed by atoms with E-state index in [-0.39, 0.29) is 6.61 Å². The molecule has 1 fully saturated rings. The van der Waals surface area contributed by atoms with Crippen LogP contribution in [0.4, 0.5) is 5.82 Å². The number of aromatic nitrogens is 2. The molecule has 0 aromatic carbocycles. The molecule has 2 heterocycles. The number of anilines is 1. The number of aryl methyl sites for hydroxylation is 1. The minimum absolute atomic E-state index is 0.261. The molecule has 2 atom stereocenters. The van der Waals surface area contributed by atoms with Gasteiger partial charge in [-0.1, -0.05) is 6.42 Å². The van der Waals surface area contributed by atoms with Crippen LogP contribution < -0.4 is 5.32 Å². The van der Waals surface area contributed by atoms with Crippen LogP contribution in [0, 0.1) is 5.92 Å². The van der Waals surface area contributed by atoms with Crippen LogP contribution >= 0.6 is 0 Å². The second-order valence-corrected chi connectivity index (χ2v) is 4.93. The molecule has 4 nitrogen and oxygen atoms in total. The molecule has 0 amide bonds. The van der Waals surface area contributed by atoms with Gasteiger partial charge in [0, 0.05) is 18.7 Å². The van der Waals surface area contributed by atoms with Crippen molar-refractivity contribution in [2.24, 2.45) is 5.92 Å². The lowest BCUT2D eigenvalue weighted by Crippen LogP contribution is -2.29. The molecular formula is C12H19N3O. The van der Waals surface area contributed by atoms with Crippen molar-refractivity contribution in [1.29, 1.82) is 0 Å². The topological polar surface area (TPSA) is 50.1 Å². The Morgan fingerprint density at radius 1 is 1.50 bits per heavy atom. The molecule has 16 heavy (non-hydrogen) atoms. The molecule has 4 heteroatoms. The zero-order chi connectivity index (χ0) is 11.0. The van der Waals surface area contributed by atoms with E-state index in [0.29, 0.717) is 6.04 Å². The van der Waals surface area contributed by atoms with Gasteiger partial charge in [0.25, 0.3) is 0 Å². The number of hydrogen-bond donors (Lipinski definition) is 2. The third-order valence-electron chi connectivity index (χ3n) is 3.94. The molecule has 2 aliphatic rings. The third-order valence-corrected chi connectivity index (χ3v) is 3.94. The largest absolute Gasteiger partial charge is 0.396 e. The van der Waals surface area contributed by atoms with Crippen LogP contribution in [0.15, 0.2) is 6.20 Å². The number of nitrogens with zero attached hydrogens (tertiary/aromatic N) is 2. The Bertz CT molecular complexity index is 374. The van der Waals surface area contributed by atoms with E-state index >= 15 is 0 Å². The Hall–Kier alpha value is -1.03. The fourth-order valence-electron chi connectivity index (χ4n) is 3.10. The maximum atomic E-state index is 8.87. The number of aliphatic hydroxyl groups is 1. The van der Waals surface area contributed by atoms with Crippen LogP contribution in [-0.2, 0) is 6.42 Å². The van der Waals surface area contributed by atoms with Crippen molar-refractivity contribution in [2.45, 2.75) is 38.1 Å². The van der Waals surface area contributed by atoms with Gasteiger partial charge >= 0.3 is 0 Å². The molecule has 1 saturated carbocycles.